The van der Waals surface area contributed by atoms with Crippen molar-refractivity contribution in [1.82, 2.24) is 20.5 Å². The fraction of sp³-hybridized carbons (Fsp3) is 0.632. The van der Waals surface area contributed by atoms with Crippen molar-refractivity contribution in [3.05, 3.63) is 23.9 Å². The van der Waals surface area contributed by atoms with E-state index in [1.165, 1.54) is 12.8 Å². The van der Waals surface area contributed by atoms with E-state index in [1.807, 2.05) is 18.0 Å². The van der Waals surface area contributed by atoms with E-state index in [0.29, 0.717) is 12.5 Å². The molecule has 7 nitrogen and oxygen atoms in total. The van der Waals surface area contributed by atoms with Gasteiger partial charge in [-0.15, -0.1) is 0 Å². The number of aromatic nitrogens is 1. The van der Waals surface area contributed by atoms with Crippen LogP contribution in [0.3, 0.4) is 0 Å². The number of anilines is 1. The summed E-state index contributed by atoms with van der Waals surface area (Å²) in [5.74, 6) is 1.87. The lowest BCUT2D eigenvalue weighted by molar-refractivity contribution is -0.128. The first-order chi connectivity index (χ1) is 12.8. The number of rotatable bonds is 6. The molecule has 3 heterocycles. The Labute approximate surface area is 155 Å². The lowest BCUT2D eigenvalue weighted by Gasteiger charge is -2.17. The maximum absolute atomic E-state index is 12.2. The maximum atomic E-state index is 12.2. The number of hydrogen-bond donors (Lipinski definition) is 2. The number of likely N-dealkylation sites (tertiary alicyclic amines) is 1. The highest BCUT2D eigenvalue weighted by Gasteiger charge is 2.17. The van der Waals surface area contributed by atoms with Gasteiger partial charge in [0.15, 0.2) is 5.96 Å². The second kappa shape index (κ2) is 9.40. The molecule has 0 unspecified atom stereocenters. The third-order valence-corrected chi connectivity index (χ3v) is 4.87. The molecule has 2 aliphatic heterocycles. The molecule has 142 valence electrons. The highest BCUT2D eigenvalue weighted by molar-refractivity contribution is 5.86. The van der Waals surface area contributed by atoms with Crippen LogP contribution in [0, 0.1) is 0 Å². The molecule has 2 saturated heterocycles. The Morgan fingerprint density at radius 3 is 2.50 bits per heavy atom. The van der Waals surface area contributed by atoms with Crippen LogP contribution in [-0.2, 0) is 11.3 Å². The van der Waals surface area contributed by atoms with Crippen molar-refractivity contribution in [3.8, 4) is 0 Å². The van der Waals surface area contributed by atoms with Gasteiger partial charge in [-0.05, 0) is 44.2 Å². The molecule has 1 amide bonds. The highest BCUT2D eigenvalue weighted by Crippen LogP contribution is 2.17. The maximum Gasteiger partial charge on any atom is 0.241 e. The van der Waals surface area contributed by atoms with Gasteiger partial charge in [-0.3, -0.25) is 4.79 Å². The second-order valence-electron chi connectivity index (χ2n) is 6.86. The topological polar surface area (TPSA) is 72.9 Å². The summed E-state index contributed by atoms with van der Waals surface area (Å²) >= 11 is 0. The molecule has 0 radical (unpaired) electrons. The van der Waals surface area contributed by atoms with Crippen LogP contribution in [0.5, 0.6) is 0 Å². The SMILES string of the molecule is CCNC(=NCc1ccc(N2CCCC2)nc1)NCC(=O)N1CCCC1. The molecule has 0 saturated carbocycles. The van der Waals surface area contributed by atoms with Gasteiger partial charge < -0.3 is 20.4 Å². The number of carbonyl (C=O) groups excluding carboxylic acids is 1. The number of amides is 1. The molecular formula is C19H30N6O. The van der Waals surface area contributed by atoms with Crippen LogP contribution in [0.2, 0.25) is 0 Å². The quantitative estimate of drug-likeness (QED) is 0.593. The van der Waals surface area contributed by atoms with Gasteiger partial charge in [-0.2, -0.15) is 0 Å². The van der Waals surface area contributed by atoms with Gasteiger partial charge in [-0.25, -0.2) is 9.98 Å². The van der Waals surface area contributed by atoms with E-state index in [1.54, 1.807) is 0 Å². The summed E-state index contributed by atoms with van der Waals surface area (Å²) in [7, 11) is 0. The van der Waals surface area contributed by atoms with Gasteiger partial charge in [-0.1, -0.05) is 6.07 Å². The van der Waals surface area contributed by atoms with E-state index in [-0.39, 0.29) is 12.5 Å². The van der Waals surface area contributed by atoms with Gasteiger partial charge in [0, 0.05) is 38.9 Å². The van der Waals surface area contributed by atoms with Crippen LogP contribution in [0.25, 0.3) is 0 Å². The number of hydrogen-bond acceptors (Lipinski definition) is 4. The molecule has 7 heteroatoms. The smallest absolute Gasteiger partial charge is 0.241 e. The Balaban J connectivity index is 1.51. The van der Waals surface area contributed by atoms with E-state index in [0.717, 1.165) is 56.9 Å². The van der Waals surface area contributed by atoms with Crippen molar-refractivity contribution >= 4 is 17.7 Å². The summed E-state index contributed by atoms with van der Waals surface area (Å²) in [6.45, 7) is 7.57. The Morgan fingerprint density at radius 2 is 1.85 bits per heavy atom. The van der Waals surface area contributed by atoms with E-state index in [2.05, 4.69) is 37.6 Å². The number of aliphatic imine (C=N–C) groups is 1. The van der Waals surface area contributed by atoms with Crippen LogP contribution < -0.4 is 15.5 Å². The fourth-order valence-corrected chi connectivity index (χ4v) is 3.39. The Bertz CT molecular complexity index is 603. The standard InChI is InChI=1S/C19H30N6O/c1-2-20-19(23-15-18(26)25-11-5-6-12-25)22-14-16-7-8-17(21-13-16)24-9-3-4-10-24/h7-8,13H,2-6,9-12,14-15H2,1H3,(H2,20,22,23). The number of carbonyl (C=O) groups is 1. The summed E-state index contributed by atoms with van der Waals surface area (Å²) in [5, 5.41) is 6.34. The first-order valence-electron chi connectivity index (χ1n) is 9.76. The van der Waals surface area contributed by atoms with Crippen LogP contribution in [0.4, 0.5) is 5.82 Å². The van der Waals surface area contributed by atoms with Gasteiger partial charge >= 0.3 is 0 Å². The third kappa shape index (κ3) is 5.09. The van der Waals surface area contributed by atoms with Crippen LogP contribution in [0.15, 0.2) is 23.3 Å². The molecule has 0 aromatic carbocycles. The van der Waals surface area contributed by atoms with Crippen molar-refractivity contribution in [2.45, 2.75) is 39.2 Å². The average molecular weight is 358 g/mol. The molecule has 2 N–H and O–H groups in total. The zero-order chi connectivity index (χ0) is 18.2. The molecular weight excluding hydrogens is 328 g/mol. The molecule has 0 atom stereocenters. The van der Waals surface area contributed by atoms with Gasteiger partial charge in [0.1, 0.15) is 5.82 Å². The molecule has 1 aromatic rings. The Morgan fingerprint density at radius 1 is 1.12 bits per heavy atom. The minimum absolute atomic E-state index is 0.143. The minimum Gasteiger partial charge on any atom is -0.357 e. The molecule has 0 spiro atoms. The van der Waals surface area contributed by atoms with Gasteiger partial charge in [0.25, 0.3) is 0 Å². The lowest BCUT2D eigenvalue weighted by atomic mass is 10.3. The van der Waals surface area contributed by atoms with Crippen molar-refractivity contribution in [2.75, 3.05) is 44.2 Å². The first kappa shape index (κ1) is 18.5. The minimum atomic E-state index is 0.143. The summed E-state index contributed by atoms with van der Waals surface area (Å²) in [6.07, 6.45) is 6.62. The Kier molecular flexibility index (Phi) is 6.68. The van der Waals surface area contributed by atoms with Crippen molar-refractivity contribution in [2.24, 2.45) is 4.99 Å². The summed E-state index contributed by atoms with van der Waals surface area (Å²) in [4.78, 5) is 25.5. The summed E-state index contributed by atoms with van der Waals surface area (Å²) in [5.41, 5.74) is 1.07. The number of guanidine groups is 1. The van der Waals surface area contributed by atoms with Crippen molar-refractivity contribution < 1.29 is 4.79 Å². The monoisotopic (exact) mass is 358 g/mol. The van der Waals surface area contributed by atoms with Crippen molar-refractivity contribution in [1.29, 1.82) is 0 Å². The Hall–Kier alpha value is -2.31. The number of pyridine rings is 1. The average Bonchev–Trinajstić information content (AvgIpc) is 3.38. The van der Waals surface area contributed by atoms with Crippen LogP contribution >= 0.6 is 0 Å². The largest absolute Gasteiger partial charge is 0.357 e. The zero-order valence-corrected chi connectivity index (χ0v) is 15.7. The number of nitrogens with one attached hydrogen (secondary N) is 2. The van der Waals surface area contributed by atoms with Crippen LogP contribution in [0.1, 0.15) is 38.2 Å². The highest BCUT2D eigenvalue weighted by atomic mass is 16.2. The number of nitrogens with zero attached hydrogens (tertiary/aromatic N) is 4. The van der Waals surface area contributed by atoms with E-state index in [9.17, 15) is 4.79 Å². The molecule has 3 rings (SSSR count). The molecule has 2 fully saturated rings. The zero-order valence-electron chi connectivity index (χ0n) is 15.7. The first-order valence-corrected chi connectivity index (χ1v) is 9.76. The van der Waals surface area contributed by atoms with Gasteiger partial charge in [0.05, 0.1) is 13.1 Å². The predicted octanol–water partition coefficient (Wildman–Crippen LogP) is 1.36. The normalized spacial score (nSPS) is 17.7. The molecule has 26 heavy (non-hydrogen) atoms. The van der Waals surface area contributed by atoms with E-state index < -0.39 is 0 Å². The van der Waals surface area contributed by atoms with E-state index in [4.69, 9.17) is 0 Å². The molecule has 1 aromatic heterocycles. The van der Waals surface area contributed by atoms with E-state index >= 15 is 0 Å². The molecule has 0 bridgehead atoms. The third-order valence-electron chi connectivity index (χ3n) is 4.87. The lowest BCUT2D eigenvalue weighted by Crippen LogP contribution is -2.44. The summed E-state index contributed by atoms with van der Waals surface area (Å²) in [6, 6.07) is 4.16. The van der Waals surface area contributed by atoms with Gasteiger partial charge in [0.2, 0.25) is 5.91 Å². The predicted molar refractivity (Wildman–Crippen MR) is 104 cm³/mol. The summed E-state index contributed by atoms with van der Waals surface area (Å²) < 4.78 is 0. The molecule has 2 aliphatic rings. The van der Waals surface area contributed by atoms with Crippen molar-refractivity contribution in [3.63, 3.8) is 0 Å². The van der Waals surface area contributed by atoms with Crippen LogP contribution in [-0.4, -0.2) is 61.0 Å². The second-order valence-corrected chi connectivity index (χ2v) is 6.86. The fourth-order valence-electron chi connectivity index (χ4n) is 3.39. The molecule has 0 aliphatic carbocycles.